The molecule has 110 valence electrons. The number of fused-ring (bicyclic) bond motifs is 1. The SMILES string of the molecule is CN1CCC2(CC1)CN(S(C)(=O)=O)C1=C2CC=CC=C1. The zero-order valence-electron chi connectivity index (χ0n) is 12.2. The van der Waals surface area contributed by atoms with E-state index in [1.165, 1.54) is 11.8 Å². The Bertz CT molecular complexity index is 593. The molecule has 1 aliphatic carbocycles. The van der Waals surface area contributed by atoms with Crippen LogP contribution in [0.1, 0.15) is 19.3 Å². The van der Waals surface area contributed by atoms with Gasteiger partial charge in [0.25, 0.3) is 0 Å². The van der Waals surface area contributed by atoms with Crippen LogP contribution in [0.4, 0.5) is 0 Å². The third-order valence-electron chi connectivity index (χ3n) is 4.83. The molecule has 2 aliphatic heterocycles. The lowest BCUT2D eigenvalue weighted by atomic mass is 9.72. The van der Waals surface area contributed by atoms with Crippen molar-refractivity contribution in [1.82, 2.24) is 9.21 Å². The van der Waals surface area contributed by atoms with E-state index in [1.54, 1.807) is 4.31 Å². The summed E-state index contributed by atoms with van der Waals surface area (Å²) in [6.07, 6.45) is 12.4. The molecule has 1 saturated heterocycles. The maximum atomic E-state index is 12.1. The molecule has 0 radical (unpaired) electrons. The molecular formula is C15H22N2O2S. The first-order valence-electron chi connectivity index (χ1n) is 7.15. The Morgan fingerprint density at radius 1 is 1.20 bits per heavy atom. The largest absolute Gasteiger partial charge is 0.306 e. The molecule has 0 atom stereocenters. The summed E-state index contributed by atoms with van der Waals surface area (Å²) < 4.78 is 25.9. The normalized spacial score (nSPS) is 26.2. The summed E-state index contributed by atoms with van der Waals surface area (Å²) in [5.41, 5.74) is 2.28. The molecule has 1 fully saturated rings. The number of likely N-dealkylation sites (tertiary alicyclic amines) is 1. The van der Waals surface area contributed by atoms with E-state index in [4.69, 9.17) is 0 Å². The van der Waals surface area contributed by atoms with Crippen LogP contribution in [0.25, 0.3) is 0 Å². The van der Waals surface area contributed by atoms with Crippen LogP contribution in [0.3, 0.4) is 0 Å². The van der Waals surface area contributed by atoms with E-state index in [0.717, 1.165) is 38.0 Å². The Hall–Kier alpha value is -1.07. The van der Waals surface area contributed by atoms with Gasteiger partial charge in [0, 0.05) is 12.0 Å². The second-order valence-corrected chi connectivity index (χ2v) is 8.12. The van der Waals surface area contributed by atoms with Gasteiger partial charge in [0.2, 0.25) is 10.0 Å². The lowest BCUT2D eigenvalue weighted by molar-refractivity contribution is 0.152. The highest BCUT2D eigenvalue weighted by Crippen LogP contribution is 2.49. The average Bonchev–Trinajstić information content (AvgIpc) is 2.55. The van der Waals surface area contributed by atoms with Gasteiger partial charge in [-0.25, -0.2) is 8.42 Å². The van der Waals surface area contributed by atoms with Crippen molar-refractivity contribution in [3.05, 3.63) is 35.6 Å². The summed E-state index contributed by atoms with van der Waals surface area (Å²) in [5, 5.41) is 0. The van der Waals surface area contributed by atoms with Crippen LogP contribution in [0.15, 0.2) is 35.6 Å². The van der Waals surface area contributed by atoms with Gasteiger partial charge in [0.1, 0.15) is 0 Å². The predicted octanol–water partition coefficient (Wildman–Crippen LogP) is 1.74. The molecule has 0 amide bonds. The third kappa shape index (κ3) is 2.23. The molecule has 0 aromatic carbocycles. The van der Waals surface area contributed by atoms with E-state index in [0.29, 0.717) is 6.54 Å². The zero-order valence-corrected chi connectivity index (χ0v) is 13.0. The lowest BCUT2D eigenvalue weighted by Gasteiger charge is -2.39. The highest BCUT2D eigenvalue weighted by Gasteiger charge is 2.47. The molecule has 5 heteroatoms. The minimum absolute atomic E-state index is 0.0456. The number of rotatable bonds is 1. The Balaban J connectivity index is 2.04. The van der Waals surface area contributed by atoms with Crippen molar-refractivity contribution in [2.24, 2.45) is 5.41 Å². The minimum Gasteiger partial charge on any atom is -0.306 e. The molecule has 0 unspecified atom stereocenters. The van der Waals surface area contributed by atoms with Crippen LogP contribution < -0.4 is 0 Å². The second kappa shape index (κ2) is 4.74. The minimum atomic E-state index is -3.20. The third-order valence-corrected chi connectivity index (χ3v) is 5.96. The topological polar surface area (TPSA) is 40.6 Å². The van der Waals surface area contributed by atoms with Gasteiger partial charge in [-0.15, -0.1) is 0 Å². The molecule has 0 bridgehead atoms. The summed E-state index contributed by atoms with van der Waals surface area (Å²) >= 11 is 0. The Kier molecular flexibility index (Phi) is 3.29. The van der Waals surface area contributed by atoms with E-state index in [1.807, 2.05) is 18.2 Å². The van der Waals surface area contributed by atoms with Crippen LogP contribution >= 0.6 is 0 Å². The fourth-order valence-electron chi connectivity index (χ4n) is 3.60. The molecule has 4 nitrogen and oxygen atoms in total. The summed E-state index contributed by atoms with van der Waals surface area (Å²) in [4.78, 5) is 2.33. The number of piperidine rings is 1. The first-order valence-corrected chi connectivity index (χ1v) is 9.00. The van der Waals surface area contributed by atoms with Crippen molar-refractivity contribution in [2.75, 3.05) is 32.9 Å². The van der Waals surface area contributed by atoms with Crippen molar-refractivity contribution in [3.8, 4) is 0 Å². The predicted molar refractivity (Wildman–Crippen MR) is 80.6 cm³/mol. The van der Waals surface area contributed by atoms with E-state index in [2.05, 4.69) is 18.0 Å². The number of hydrogen-bond donors (Lipinski definition) is 0. The average molecular weight is 294 g/mol. The highest BCUT2D eigenvalue weighted by molar-refractivity contribution is 7.88. The molecule has 0 aromatic heterocycles. The number of allylic oxidation sites excluding steroid dienone is 4. The standard InChI is InChI=1S/C15H22N2O2S/c1-16-10-8-15(9-11-16)12-17(20(2,18)19)14-7-5-3-4-6-13(14)15/h3-5,7H,6,8-12H2,1-2H3. The number of nitrogens with zero attached hydrogens (tertiary/aromatic N) is 2. The highest BCUT2D eigenvalue weighted by atomic mass is 32.2. The smallest absolute Gasteiger partial charge is 0.232 e. The van der Waals surface area contributed by atoms with Crippen molar-refractivity contribution in [3.63, 3.8) is 0 Å². The maximum Gasteiger partial charge on any atom is 0.232 e. The van der Waals surface area contributed by atoms with Crippen LogP contribution in [0.5, 0.6) is 0 Å². The summed E-state index contributed by atoms with van der Waals surface area (Å²) in [5.74, 6) is 0. The van der Waals surface area contributed by atoms with Gasteiger partial charge in [-0.1, -0.05) is 18.2 Å². The fourth-order valence-corrected chi connectivity index (χ4v) is 4.61. The molecule has 20 heavy (non-hydrogen) atoms. The molecule has 0 saturated carbocycles. The molecular weight excluding hydrogens is 272 g/mol. The Morgan fingerprint density at radius 3 is 2.55 bits per heavy atom. The van der Waals surface area contributed by atoms with Gasteiger partial charge < -0.3 is 4.90 Å². The van der Waals surface area contributed by atoms with Gasteiger partial charge in [-0.05, 0) is 51.0 Å². The van der Waals surface area contributed by atoms with Crippen molar-refractivity contribution < 1.29 is 8.42 Å². The Labute approximate surface area is 121 Å². The molecule has 2 heterocycles. The monoisotopic (exact) mass is 294 g/mol. The number of hydrogen-bond acceptors (Lipinski definition) is 3. The molecule has 1 spiro atoms. The zero-order chi connectivity index (χ0) is 14.4. The van der Waals surface area contributed by atoms with E-state index in [-0.39, 0.29) is 5.41 Å². The summed E-state index contributed by atoms with van der Waals surface area (Å²) in [6, 6.07) is 0. The van der Waals surface area contributed by atoms with Gasteiger partial charge >= 0.3 is 0 Å². The van der Waals surface area contributed by atoms with Gasteiger partial charge in [-0.2, -0.15) is 0 Å². The quantitative estimate of drug-likeness (QED) is 0.740. The van der Waals surface area contributed by atoms with E-state index < -0.39 is 10.0 Å². The van der Waals surface area contributed by atoms with Gasteiger partial charge in [0.05, 0.1) is 12.0 Å². The maximum absolute atomic E-state index is 12.1. The van der Waals surface area contributed by atoms with Crippen molar-refractivity contribution >= 4 is 10.0 Å². The molecule has 3 rings (SSSR count). The van der Waals surface area contributed by atoms with Crippen LogP contribution in [0.2, 0.25) is 0 Å². The van der Waals surface area contributed by atoms with Gasteiger partial charge in [-0.3, -0.25) is 4.31 Å². The first kappa shape index (κ1) is 13.9. The fraction of sp³-hybridized carbons (Fsp3) is 0.600. The van der Waals surface area contributed by atoms with E-state index >= 15 is 0 Å². The summed E-state index contributed by atoms with van der Waals surface area (Å²) in [6.45, 7) is 2.71. The van der Waals surface area contributed by atoms with E-state index in [9.17, 15) is 8.42 Å². The van der Waals surface area contributed by atoms with Gasteiger partial charge in [0.15, 0.2) is 0 Å². The van der Waals surface area contributed by atoms with Crippen LogP contribution in [0, 0.1) is 5.41 Å². The number of sulfonamides is 1. The van der Waals surface area contributed by atoms with Crippen LogP contribution in [-0.2, 0) is 10.0 Å². The molecule has 0 N–H and O–H groups in total. The first-order chi connectivity index (χ1) is 9.42. The second-order valence-electron chi connectivity index (χ2n) is 6.21. The molecule has 0 aromatic rings. The molecule has 3 aliphatic rings. The van der Waals surface area contributed by atoms with Crippen molar-refractivity contribution in [2.45, 2.75) is 19.3 Å². The van der Waals surface area contributed by atoms with Crippen LogP contribution in [-0.4, -0.2) is 50.6 Å². The Morgan fingerprint density at radius 2 is 1.90 bits per heavy atom. The van der Waals surface area contributed by atoms with Crippen molar-refractivity contribution in [1.29, 1.82) is 0 Å². The summed E-state index contributed by atoms with van der Waals surface area (Å²) in [7, 11) is -1.06. The lowest BCUT2D eigenvalue weighted by Crippen LogP contribution is -2.42.